The van der Waals surface area contributed by atoms with E-state index in [0.29, 0.717) is 12.1 Å². The number of carbonyl (C=O) groups excluding carboxylic acids is 1. The van der Waals surface area contributed by atoms with Crippen LogP contribution in [-0.2, 0) is 17.6 Å². The van der Waals surface area contributed by atoms with Crippen LogP contribution in [0, 0.1) is 5.82 Å². The van der Waals surface area contributed by atoms with Gasteiger partial charge in [-0.1, -0.05) is 19.4 Å². The second-order valence-electron chi connectivity index (χ2n) is 3.94. The molecule has 1 aliphatic rings. The highest BCUT2D eigenvalue weighted by atomic mass is 19.1. The molecule has 1 aromatic rings. The van der Waals surface area contributed by atoms with E-state index in [1.165, 1.54) is 6.07 Å². The van der Waals surface area contributed by atoms with Crippen LogP contribution in [0.4, 0.5) is 10.1 Å². The van der Waals surface area contributed by atoms with Gasteiger partial charge in [0.05, 0.1) is 12.1 Å². The zero-order chi connectivity index (χ0) is 10.8. The van der Waals surface area contributed by atoms with Gasteiger partial charge < -0.3 is 5.32 Å². The number of rotatable bonds is 3. The highest BCUT2D eigenvalue weighted by Gasteiger charge is 2.21. The fourth-order valence-corrected chi connectivity index (χ4v) is 1.89. The number of benzene rings is 1. The Hall–Kier alpha value is -1.38. The van der Waals surface area contributed by atoms with E-state index < -0.39 is 0 Å². The molecule has 0 unspecified atom stereocenters. The van der Waals surface area contributed by atoms with Crippen LogP contribution in [0.3, 0.4) is 0 Å². The third kappa shape index (κ3) is 2.01. The highest BCUT2D eigenvalue weighted by Crippen LogP contribution is 2.28. The van der Waals surface area contributed by atoms with E-state index in [9.17, 15) is 9.18 Å². The number of aryl methyl sites for hydroxylation is 1. The summed E-state index contributed by atoms with van der Waals surface area (Å²) in [5, 5.41) is 2.54. The van der Waals surface area contributed by atoms with Crippen molar-refractivity contribution >= 4 is 11.6 Å². The minimum Gasteiger partial charge on any atom is -0.323 e. The Kier molecular flexibility index (Phi) is 2.71. The zero-order valence-corrected chi connectivity index (χ0v) is 8.77. The summed E-state index contributed by atoms with van der Waals surface area (Å²) in [6, 6.07) is 3.46. The lowest BCUT2D eigenvalue weighted by Crippen LogP contribution is -2.04. The molecule has 0 atom stereocenters. The minimum absolute atomic E-state index is 0.114. The predicted octanol–water partition coefficient (Wildman–Crippen LogP) is 2.66. The maximum Gasteiger partial charge on any atom is 0.228 e. The molecule has 2 rings (SSSR count). The van der Waals surface area contributed by atoms with Gasteiger partial charge in [-0.05, 0) is 30.0 Å². The van der Waals surface area contributed by atoms with Crippen LogP contribution >= 0.6 is 0 Å². The van der Waals surface area contributed by atoms with E-state index in [-0.39, 0.29) is 11.7 Å². The second kappa shape index (κ2) is 4.01. The van der Waals surface area contributed by atoms with E-state index in [1.807, 2.05) is 6.07 Å². The van der Waals surface area contributed by atoms with Gasteiger partial charge in [0, 0.05) is 0 Å². The molecule has 80 valence electrons. The number of anilines is 1. The third-order valence-electron chi connectivity index (χ3n) is 2.67. The van der Waals surface area contributed by atoms with Gasteiger partial charge in [0.1, 0.15) is 5.82 Å². The lowest BCUT2D eigenvalue weighted by molar-refractivity contribution is -0.115. The van der Waals surface area contributed by atoms with Crippen molar-refractivity contribution in [1.29, 1.82) is 0 Å². The van der Waals surface area contributed by atoms with Crippen molar-refractivity contribution in [3.8, 4) is 0 Å². The molecule has 1 aromatic carbocycles. The van der Waals surface area contributed by atoms with Gasteiger partial charge in [-0.15, -0.1) is 0 Å². The second-order valence-corrected chi connectivity index (χ2v) is 3.94. The average molecular weight is 207 g/mol. The molecule has 1 amide bonds. The van der Waals surface area contributed by atoms with Crippen LogP contribution in [-0.4, -0.2) is 5.91 Å². The largest absolute Gasteiger partial charge is 0.323 e. The summed E-state index contributed by atoms with van der Waals surface area (Å²) < 4.78 is 13.5. The molecule has 0 spiro atoms. The van der Waals surface area contributed by atoms with Crippen molar-refractivity contribution in [2.75, 3.05) is 5.32 Å². The van der Waals surface area contributed by atoms with E-state index in [0.717, 1.165) is 30.4 Å². The lowest BCUT2D eigenvalue weighted by atomic mass is 10.0. The topological polar surface area (TPSA) is 29.1 Å². The first-order chi connectivity index (χ1) is 7.20. The lowest BCUT2D eigenvalue weighted by Gasteiger charge is -2.05. The molecule has 0 aliphatic carbocycles. The van der Waals surface area contributed by atoms with Gasteiger partial charge in [-0.2, -0.15) is 0 Å². The number of fused-ring (bicyclic) bond motifs is 1. The molecule has 1 aliphatic heterocycles. The van der Waals surface area contributed by atoms with Gasteiger partial charge in [0.15, 0.2) is 0 Å². The number of hydrogen-bond acceptors (Lipinski definition) is 1. The Bertz CT molecular complexity index is 401. The average Bonchev–Trinajstić information content (AvgIpc) is 2.56. The quantitative estimate of drug-likeness (QED) is 0.811. The van der Waals surface area contributed by atoms with E-state index in [4.69, 9.17) is 0 Å². The maximum absolute atomic E-state index is 13.5. The van der Waals surface area contributed by atoms with Crippen LogP contribution < -0.4 is 5.32 Å². The molecule has 1 N–H and O–H groups in total. The first-order valence-corrected chi connectivity index (χ1v) is 5.32. The normalized spacial score (nSPS) is 13.9. The van der Waals surface area contributed by atoms with Crippen molar-refractivity contribution < 1.29 is 9.18 Å². The van der Waals surface area contributed by atoms with E-state index >= 15 is 0 Å². The van der Waals surface area contributed by atoms with Crippen molar-refractivity contribution in [2.24, 2.45) is 0 Å². The smallest absolute Gasteiger partial charge is 0.228 e. The van der Waals surface area contributed by atoms with Crippen molar-refractivity contribution in [3.63, 3.8) is 0 Å². The Morgan fingerprint density at radius 2 is 2.27 bits per heavy atom. The molecule has 0 bridgehead atoms. The summed E-state index contributed by atoms with van der Waals surface area (Å²) >= 11 is 0. The standard InChI is InChI=1S/C12H14FNO/c1-2-3-4-8-5-9-7-11(15)14-12(9)10(13)6-8/h5-6H,2-4,7H2,1H3,(H,14,15). The summed E-state index contributed by atoms with van der Waals surface area (Å²) in [7, 11) is 0. The molecule has 0 saturated carbocycles. The number of carbonyl (C=O) groups is 1. The van der Waals surface area contributed by atoms with E-state index in [1.54, 1.807) is 0 Å². The van der Waals surface area contributed by atoms with Crippen LogP contribution in [0.1, 0.15) is 30.9 Å². The van der Waals surface area contributed by atoms with Gasteiger partial charge in [0.25, 0.3) is 0 Å². The highest BCUT2D eigenvalue weighted by molar-refractivity contribution is 5.99. The van der Waals surface area contributed by atoms with Crippen LogP contribution in [0.15, 0.2) is 12.1 Å². The molecule has 0 radical (unpaired) electrons. The molecule has 0 aromatic heterocycles. The Labute approximate surface area is 88.5 Å². The van der Waals surface area contributed by atoms with Gasteiger partial charge in [0.2, 0.25) is 5.91 Å². The van der Waals surface area contributed by atoms with Crippen molar-refractivity contribution in [3.05, 3.63) is 29.1 Å². The van der Waals surface area contributed by atoms with Crippen LogP contribution in [0.5, 0.6) is 0 Å². The van der Waals surface area contributed by atoms with Crippen LogP contribution in [0.25, 0.3) is 0 Å². The Morgan fingerprint density at radius 1 is 1.47 bits per heavy atom. The zero-order valence-electron chi connectivity index (χ0n) is 8.77. The number of amides is 1. The summed E-state index contributed by atoms with van der Waals surface area (Å²) in [5.41, 5.74) is 2.16. The van der Waals surface area contributed by atoms with Crippen molar-refractivity contribution in [1.82, 2.24) is 0 Å². The molecule has 3 heteroatoms. The maximum atomic E-state index is 13.5. The summed E-state index contributed by atoms with van der Waals surface area (Å²) in [5.74, 6) is -0.416. The molecule has 2 nitrogen and oxygen atoms in total. The molecule has 0 fully saturated rings. The number of halogens is 1. The molecular weight excluding hydrogens is 193 g/mol. The minimum atomic E-state index is -0.301. The summed E-state index contributed by atoms with van der Waals surface area (Å²) in [6.07, 6.45) is 3.34. The fraction of sp³-hybridized carbons (Fsp3) is 0.417. The fourth-order valence-electron chi connectivity index (χ4n) is 1.89. The molecule has 15 heavy (non-hydrogen) atoms. The number of nitrogens with one attached hydrogen (secondary N) is 1. The summed E-state index contributed by atoms with van der Waals surface area (Å²) in [6.45, 7) is 2.11. The Balaban J connectivity index is 2.27. The van der Waals surface area contributed by atoms with Gasteiger partial charge in [-0.3, -0.25) is 4.79 Å². The Morgan fingerprint density at radius 3 is 3.00 bits per heavy atom. The first-order valence-electron chi connectivity index (χ1n) is 5.32. The van der Waals surface area contributed by atoms with E-state index in [2.05, 4.69) is 12.2 Å². The SMILES string of the molecule is CCCCc1cc(F)c2c(c1)CC(=O)N2. The summed E-state index contributed by atoms with van der Waals surface area (Å²) in [4.78, 5) is 11.1. The number of hydrogen-bond donors (Lipinski definition) is 1. The van der Waals surface area contributed by atoms with Gasteiger partial charge >= 0.3 is 0 Å². The predicted molar refractivity (Wildman–Crippen MR) is 57.3 cm³/mol. The molecule has 0 saturated heterocycles. The van der Waals surface area contributed by atoms with Crippen LogP contribution in [0.2, 0.25) is 0 Å². The van der Waals surface area contributed by atoms with Crippen molar-refractivity contribution in [2.45, 2.75) is 32.6 Å². The third-order valence-corrected chi connectivity index (χ3v) is 2.67. The monoisotopic (exact) mass is 207 g/mol. The molecular formula is C12H14FNO. The van der Waals surface area contributed by atoms with Gasteiger partial charge in [-0.25, -0.2) is 4.39 Å². The first kappa shape index (κ1) is 10.1. The number of unbranched alkanes of at least 4 members (excludes halogenated alkanes) is 1. The molecule has 1 heterocycles.